The Morgan fingerprint density at radius 2 is 1.68 bits per heavy atom. The summed E-state index contributed by atoms with van der Waals surface area (Å²) in [5.74, 6) is 3.05. The molecular formula is C53H57N5O5. The number of allylic oxidation sites excluding steroid dienone is 1. The number of hydrogen-bond acceptors (Lipinski definition) is 7. The highest BCUT2D eigenvalue weighted by atomic mass is 16.6. The molecule has 6 aromatic rings. The lowest BCUT2D eigenvalue weighted by Crippen LogP contribution is -2.57. The van der Waals surface area contributed by atoms with Crippen molar-refractivity contribution in [2.24, 2.45) is 35.6 Å². The first kappa shape index (κ1) is 41.3. The zero-order valence-corrected chi connectivity index (χ0v) is 36.9. The summed E-state index contributed by atoms with van der Waals surface area (Å²) in [5, 5.41) is 40.0. The fourth-order valence-corrected chi connectivity index (χ4v) is 13.0. The fourth-order valence-electron chi connectivity index (χ4n) is 13.0. The van der Waals surface area contributed by atoms with E-state index in [1.807, 2.05) is 42.5 Å². The lowest BCUT2D eigenvalue weighted by molar-refractivity contribution is -0.116. The maximum atomic E-state index is 11.7. The normalized spacial score (nSPS) is 29.3. The molecule has 324 valence electrons. The average molecular weight is 844 g/mol. The molecule has 10 nitrogen and oxygen atoms in total. The number of ether oxygens (including phenoxy) is 1. The summed E-state index contributed by atoms with van der Waals surface area (Å²) in [5.41, 5.74) is 9.80. The summed E-state index contributed by atoms with van der Waals surface area (Å²) >= 11 is 0. The van der Waals surface area contributed by atoms with Crippen molar-refractivity contribution < 1.29 is 24.9 Å². The van der Waals surface area contributed by atoms with Crippen LogP contribution in [0.5, 0.6) is 0 Å². The maximum absolute atomic E-state index is 11.7. The van der Waals surface area contributed by atoms with E-state index in [9.17, 15) is 25.4 Å². The predicted octanol–water partition coefficient (Wildman–Crippen LogP) is 10.7. The summed E-state index contributed by atoms with van der Waals surface area (Å²) in [6.45, 7) is 9.58. The first-order valence-electron chi connectivity index (χ1n) is 22.8. The molecule has 0 radical (unpaired) electrons. The first-order chi connectivity index (χ1) is 30.3. The SMILES string of the molecule is CCCc1nc2c(C)cc(-c3nc4ccccc4n3C)cc2n1Cc1ccc(-c2ccccc2C(=O)O)cc1.C[C@]12CC[C@H]3[C@@H](CC[C@@]45O[C@@H]4C(O)=C(C#N)C[C@]35C)[C@@H]1CC[C@@H]2O. The number of rotatable bonds is 7. The summed E-state index contributed by atoms with van der Waals surface area (Å²) in [7, 11) is 2.06. The molecule has 10 heteroatoms. The number of carboxylic acid groups (broad SMARTS) is 1. The molecule has 0 bridgehead atoms. The monoisotopic (exact) mass is 843 g/mol. The topological polar surface area (TPSA) is 150 Å². The van der Waals surface area contributed by atoms with Gasteiger partial charge in [0.1, 0.15) is 29.1 Å². The molecule has 63 heavy (non-hydrogen) atoms. The number of aliphatic hydroxyl groups excluding tert-OH is 2. The number of aliphatic hydroxyl groups is 2. The Balaban J connectivity index is 0.000000167. The van der Waals surface area contributed by atoms with E-state index in [4.69, 9.17) is 14.7 Å². The molecule has 3 heterocycles. The number of carboxylic acids is 1. The highest BCUT2D eigenvalue weighted by Crippen LogP contribution is 2.73. The third-order valence-corrected chi connectivity index (χ3v) is 16.4. The van der Waals surface area contributed by atoms with E-state index in [-0.39, 0.29) is 34.4 Å². The molecule has 8 atom stereocenters. The first-order valence-corrected chi connectivity index (χ1v) is 22.8. The van der Waals surface area contributed by atoms with Crippen LogP contribution in [0.4, 0.5) is 0 Å². The van der Waals surface area contributed by atoms with Crippen LogP contribution < -0.4 is 0 Å². The van der Waals surface area contributed by atoms with Crippen molar-refractivity contribution in [1.29, 1.82) is 5.26 Å². The maximum Gasteiger partial charge on any atom is 0.336 e. The van der Waals surface area contributed by atoms with E-state index in [0.717, 1.165) is 113 Å². The quantitative estimate of drug-likeness (QED) is 0.134. The van der Waals surface area contributed by atoms with Crippen LogP contribution in [-0.2, 0) is 24.8 Å². The van der Waals surface area contributed by atoms with Gasteiger partial charge in [-0.2, -0.15) is 5.26 Å². The van der Waals surface area contributed by atoms with Gasteiger partial charge in [0.15, 0.2) is 0 Å². The smallest absolute Gasteiger partial charge is 0.336 e. The molecular weight excluding hydrogens is 787 g/mol. The second-order valence-corrected chi connectivity index (χ2v) is 19.6. The second kappa shape index (κ2) is 15.2. The van der Waals surface area contributed by atoms with Crippen LogP contribution in [0, 0.1) is 46.8 Å². The number of fused-ring (bicyclic) bond motifs is 6. The van der Waals surface area contributed by atoms with Gasteiger partial charge in [-0.15, -0.1) is 0 Å². The number of nitriles is 1. The highest BCUT2D eigenvalue weighted by molar-refractivity contribution is 5.96. The molecule has 4 aromatic carbocycles. The Kier molecular flexibility index (Phi) is 9.96. The van der Waals surface area contributed by atoms with Gasteiger partial charge in [0.05, 0.1) is 45.4 Å². The molecule has 1 saturated heterocycles. The zero-order chi connectivity index (χ0) is 44.0. The van der Waals surface area contributed by atoms with Crippen LogP contribution >= 0.6 is 0 Å². The molecule has 5 aliphatic rings. The van der Waals surface area contributed by atoms with E-state index < -0.39 is 5.97 Å². The van der Waals surface area contributed by atoms with Gasteiger partial charge >= 0.3 is 5.97 Å². The highest BCUT2D eigenvalue weighted by Gasteiger charge is 2.76. The molecule has 11 rings (SSSR count). The van der Waals surface area contributed by atoms with Crippen molar-refractivity contribution in [3.63, 3.8) is 0 Å². The minimum Gasteiger partial charge on any atom is -0.508 e. The lowest BCUT2D eigenvalue weighted by atomic mass is 9.45. The Labute approximate surface area is 368 Å². The molecule has 0 amide bonds. The van der Waals surface area contributed by atoms with Gasteiger partial charge in [-0.1, -0.05) is 75.4 Å². The van der Waals surface area contributed by atoms with Gasteiger partial charge in [0.2, 0.25) is 0 Å². The van der Waals surface area contributed by atoms with Gasteiger partial charge in [-0.25, -0.2) is 14.8 Å². The molecule has 4 aliphatic carbocycles. The standard InChI is InChI=1S/C33H30N4O2.C20H27NO3/c1-4-9-30-35-31-21(2)18-24(32-34-27-12-7-8-13-28(27)36(32)3)19-29(31)37(30)20-22-14-16-23(17-15-22)25-10-5-6-11-26(25)33(38)39;1-18-7-6-14-12(13(18)3-4-15(18)22)5-8-20-17(24-20)16(23)11(10-21)9-19(14,20)2/h5-8,10-19H,4,9,20H2,1-3H3,(H,38,39);12-15,17,22-23H,3-9H2,1-2H3/t;12-,13-,14-,15-,17+,18-,19+,20+/m.0/s1. The molecule has 2 aromatic heterocycles. The van der Waals surface area contributed by atoms with Gasteiger partial charge in [-0.05, 0) is 134 Å². The Bertz CT molecular complexity index is 2870. The van der Waals surface area contributed by atoms with Crippen molar-refractivity contribution in [1.82, 2.24) is 19.1 Å². The number of nitrogens with zero attached hydrogens (tertiary/aromatic N) is 5. The number of epoxide rings is 1. The van der Waals surface area contributed by atoms with Crippen molar-refractivity contribution in [2.45, 2.75) is 110 Å². The fraction of sp³-hybridized carbons (Fsp3) is 0.434. The van der Waals surface area contributed by atoms with Crippen LogP contribution in [0.15, 0.2) is 96.3 Å². The predicted molar refractivity (Wildman–Crippen MR) is 244 cm³/mol. The summed E-state index contributed by atoms with van der Waals surface area (Å²) < 4.78 is 10.6. The number of imidazole rings is 2. The average Bonchev–Trinajstić information content (AvgIpc) is 3.66. The van der Waals surface area contributed by atoms with Gasteiger partial charge in [0.25, 0.3) is 0 Å². The van der Waals surface area contributed by atoms with Crippen LogP contribution in [0.3, 0.4) is 0 Å². The van der Waals surface area contributed by atoms with E-state index in [2.05, 4.69) is 80.3 Å². The van der Waals surface area contributed by atoms with Crippen LogP contribution in [0.2, 0.25) is 0 Å². The van der Waals surface area contributed by atoms with E-state index in [1.54, 1.807) is 12.1 Å². The molecule has 1 spiro atoms. The van der Waals surface area contributed by atoms with Crippen LogP contribution in [-0.4, -0.2) is 58.2 Å². The number of para-hydroxylation sites is 2. The Hall–Kier alpha value is -5.76. The number of hydrogen-bond donors (Lipinski definition) is 3. The van der Waals surface area contributed by atoms with Gasteiger partial charge in [-0.3, -0.25) is 0 Å². The third kappa shape index (κ3) is 6.36. The van der Waals surface area contributed by atoms with Crippen LogP contribution in [0.1, 0.15) is 99.4 Å². The van der Waals surface area contributed by atoms with Crippen molar-refractivity contribution in [3.8, 4) is 28.6 Å². The molecule has 3 N–H and O–H groups in total. The van der Waals surface area contributed by atoms with Crippen molar-refractivity contribution in [3.05, 3.63) is 119 Å². The Morgan fingerprint density at radius 3 is 2.43 bits per heavy atom. The summed E-state index contributed by atoms with van der Waals surface area (Å²) in [6.07, 6.45) is 8.55. The molecule has 1 aliphatic heterocycles. The van der Waals surface area contributed by atoms with Gasteiger partial charge in [0, 0.05) is 31.0 Å². The second-order valence-electron chi connectivity index (χ2n) is 19.6. The number of carbonyl (C=O) groups is 1. The van der Waals surface area contributed by atoms with Crippen LogP contribution in [0.25, 0.3) is 44.6 Å². The number of aryl methyl sites for hydroxylation is 3. The van der Waals surface area contributed by atoms with E-state index in [1.165, 1.54) is 0 Å². The Morgan fingerprint density at radius 1 is 0.921 bits per heavy atom. The largest absolute Gasteiger partial charge is 0.508 e. The molecule has 3 saturated carbocycles. The molecule has 0 unspecified atom stereocenters. The minimum atomic E-state index is -0.921. The third-order valence-electron chi connectivity index (χ3n) is 16.4. The van der Waals surface area contributed by atoms with Crippen molar-refractivity contribution in [2.75, 3.05) is 0 Å². The zero-order valence-electron chi connectivity index (χ0n) is 36.9. The summed E-state index contributed by atoms with van der Waals surface area (Å²) in [6, 6.07) is 30.1. The molecule has 4 fully saturated rings. The minimum absolute atomic E-state index is 0.0489. The van der Waals surface area contributed by atoms with E-state index in [0.29, 0.717) is 41.9 Å². The summed E-state index contributed by atoms with van der Waals surface area (Å²) in [4.78, 5) is 21.7. The lowest BCUT2D eigenvalue weighted by Gasteiger charge is -2.58. The van der Waals surface area contributed by atoms with Gasteiger partial charge < -0.3 is 29.2 Å². The van der Waals surface area contributed by atoms with Crippen molar-refractivity contribution >= 4 is 28.0 Å². The van der Waals surface area contributed by atoms with E-state index >= 15 is 0 Å². The number of benzene rings is 4. The number of aromatic carboxylic acids is 1. The number of aromatic nitrogens is 4.